The summed E-state index contributed by atoms with van der Waals surface area (Å²) in [4.78, 5) is 24.7. The molecule has 2 atom stereocenters. The van der Waals surface area contributed by atoms with E-state index < -0.39 is 0 Å². The summed E-state index contributed by atoms with van der Waals surface area (Å²) in [6.07, 6.45) is 1.14. The van der Waals surface area contributed by atoms with Crippen molar-refractivity contribution in [2.75, 3.05) is 26.8 Å². The van der Waals surface area contributed by atoms with Crippen molar-refractivity contribution >= 4 is 11.8 Å². The smallest absolute Gasteiger partial charge is 0.239 e. The minimum atomic E-state index is -0.169. The molecule has 0 aromatic heterocycles. The Hall–Kier alpha value is -1.14. The number of nitrogens with two attached hydrogens (primary N) is 1. The van der Waals surface area contributed by atoms with Crippen molar-refractivity contribution in [3.05, 3.63) is 0 Å². The molecular formula is C11H21N3O3. The summed E-state index contributed by atoms with van der Waals surface area (Å²) in [5, 5.41) is 2.76. The second-order valence-corrected chi connectivity index (χ2v) is 4.50. The highest BCUT2D eigenvalue weighted by atomic mass is 16.5. The average molecular weight is 243 g/mol. The van der Waals surface area contributed by atoms with Crippen molar-refractivity contribution in [2.45, 2.75) is 31.8 Å². The van der Waals surface area contributed by atoms with Crippen molar-refractivity contribution in [2.24, 2.45) is 5.73 Å². The molecule has 1 saturated heterocycles. The minimum absolute atomic E-state index is 0.00115. The molecule has 1 aliphatic heterocycles. The molecule has 6 nitrogen and oxygen atoms in total. The first-order valence-corrected chi connectivity index (χ1v) is 5.84. The zero-order valence-corrected chi connectivity index (χ0v) is 10.4. The van der Waals surface area contributed by atoms with Gasteiger partial charge in [-0.05, 0) is 13.3 Å². The molecule has 0 saturated carbocycles. The number of amides is 2. The lowest BCUT2D eigenvalue weighted by atomic mass is 10.1. The van der Waals surface area contributed by atoms with Crippen LogP contribution in [0.5, 0.6) is 0 Å². The first-order chi connectivity index (χ1) is 8.02. The molecule has 0 aromatic carbocycles. The second kappa shape index (κ2) is 6.56. The monoisotopic (exact) mass is 243 g/mol. The van der Waals surface area contributed by atoms with E-state index in [1.165, 1.54) is 4.90 Å². The second-order valence-electron chi connectivity index (χ2n) is 4.50. The van der Waals surface area contributed by atoms with E-state index in [-0.39, 0.29) is 30.4 Å². The van der Waals surface area contributed by atoms with Gasteiger partial charge in [0.15, 0.2) is 0 Å². The third-order valence-corrected chi connectivity index (χ3v) is 2.70. The van der Waals surface area contributed by atoms with E-state index in [9.17, 15) is 9.59 Å². The molecule has 1 aliphatic rings. The Morgan fingerprint density at radius 2 is 2.41 bits per heavy atom. The van der Waals surface area contributed by atoms with Crippen LogP contribution in [0.4, 0.5) is 0 Å². The maximum Gasteiger partial charge on any atom is 0.239 e. The van der Waals surface area contributed by atoms with E-state index in [4.69, 9.17) is 10.5 Å². The quantitative estimate of drug-likeness (QED) is 0.654. The van der Waals surface area contributed by atoms with Crippen molar-refractivity contribution in [3.63, 3.8) is 0 Å². The van der Waals surface area contributed by atoms with Crippen LogP contribution in [0.3, 0.4) is 0 Å². The van der Waals surface area contributed by atoms with Crippen LogP contribution in [0.2, 0.25) is 0 Å². The minimum Gasteiger partial charge on any atom is -0.383 e. The predicted molar refractivity (Wildman–Crippen MR) is 63.3 cm³/mol. The maximum atomic E-state index is 11.6. The maximum absolute atomic E-state index is 11.6. The van der Waals surface area contributed by atoms with Gasteiger partial charge in [0.05, 0.1) is 13.2 Å². The summed E-state index contributed by atoms with van der Waals surface area (Å²) in [7, 11) is 1.58. The molecule has 1 rings (SSSR count). The van der Waals surface area contributed by atoms with Gasteiger partial charge in [-0.25, -0.2) is 0 Å². The summed E-state index contributed by atoms with van der Waals surface area (Å²) < 4.78 is 4.92. The van der Waals surface area contributed by atoms with Crippen LogP contribution >= 0.6 is 0 Å². The zero-order valence-electron chi connectivity index (χ0n) is 10.4. The Kier molecular flexibility index (Phi) is 5.37. The Bertz CT molecular complexity index is 283. The van der Waals surface area contributed by atoms with Crippen LogP contribution in [0.1, 0.15) is 19.8 Å². The summed E-state index contributed by atoms with van der Waals surface area (Å²) in [6.45, 7) is 2.86. The molecule has 2 unspecified atom stereocenters. The molecule has 1 fully saturated rings. The van der Waals surface area contributed by atoms with E-state index in [2.05, 4.69) is 5.32 Å². The fourth-order valence-electron chi connectivity index (χ4n) is 1.88. The third kappa shape index (κ3) is 4.70. The molecule has 98 valence electrons. The van der Waals surface area contributed by atoms with Crippen LogP contribution in [0.25, 0.3) is 0 Å². The summed E-state index contributed by atoms with van der Waals surface area (Å²) >= 11 is 0. The van der Waals surface area contributed by atoms with Gasteiger partial charge < -0.3 is 20.7 Å². The normalized spacial score (nSPS) is 22.4. The van der Waals surface area contributed by atoms with Gasteiger partial charge in [0, 0.05) is 32.2 Å². The average Bonchev–Trinajstić information content (AvgIpc) is 2.23. The van der Waals surface area contributed by atoms with Crippen molar-refractivity contribution < 1.29 is 14.3 Å². The molecule has 0 aromatic rings. The number of nitrogens with zero attached hydrogens (tertiary/aromatic N) is 1. The van der Waals surface area contributed by atoms with Crippen LogP contribution in [-0.4, -0.2) is 55.6 Å². The van der Waals surface area contributed by atoms with Gasteiger partial charge in [0.25, 0.3) is 0 Å². The highest BCUT2D eigenvalue weighted by Crippen LogP contribution is 2.09. The Morgan fingerprint density at radius 1 is 1.71 bits per heavy atom. The van der Waals surface area contributed by atoms with Crippen LogP contribution in [0.15, 0.2) is 0 Å². The number of rotatable bonds is 5. The topological polar surface area (TPSA) is 84.7 Å². The number of piperidine rings is 1. The van der Waals surface area contributed by atoms with Crippen LogP contribution < -0.4 is 11.1 Å². The van der Waals surface area contributed by atoms with Gasteiger partial charge in [-0.15, -0.1) is 0 Å². The lowest BCUT2D eigenvalue weighted by Gasteiger charge is -2.30. The van der Waals surface area contributed by atoms with E-state index in [1.807, 2.05) is 6.92 Å². The van der Waals surface area contributed by atoms with E-state index in [1.54, 1.807) is 7.11 Å². The summed E-state index contributed by atoms with van der Waals surface area (Å²) in [6, 6.07) is -0.0713. The standard InChI is InChI=1S/C11H21N3O3/c1-8(7-17-2)13-10(15)6-14-5-9(12)3-4-11(14)16/h8-9H,3-7,12H2,1-2H3,(H,13,15). The van der Waals surface area contributed by atoms with Gasteiger partial charge in [-0.1, -0.05) is 0 Å². The lowest BCUT2D eigenvalue weighted by molar-refractivity contribution is -0.138. The van der Waals surface area contributed by atoms with Crippen molar-refractivity contribution in [1.29, 1.82) is 0 Å². The number of ether oxygens (including phenoxy) is 1. The molecule has 17 heavy (non-hydrogen) atoms. The molecular weight excluding hydrogens is 222 g/mol. The molecule has 0 bridgehead atoms. The lowest BCUT2D eigenvalue weighted by Crippen LogP contribution is -2.51. The number of carbonyl (C=O) groups is 2. The number of hydrogen-bond donors (Lipinski definition) is 2. The molecule has 2 amide bonds. The van der Waals surface area contributed by atoms with Crippen molar-refractivity contribution in [3.8, 4) is 0 Å². The number of nitrogens with one attached hydrogen (secondary N) is 1. The molecule has 0 radical (unpaired) electrons. The zero-order chi connectivity index (χ0) is 12.8. The highest BCUT2D eigenvalue weighted by Gasteiger charge is 2.25. The van der Waals surface area contributed by atoms with E-state index in [0.29, 0.717) is 26.0 Å². The van der Waals surface area contributed by atoms with Crippen LogP contribution in [0, 0.1) is 0 Å². The molecule has 0 aliphatic carbocycles. The first-order valence-electron chi connectivity index (χ1n) is 5.84. The Balaban J connectivity index is 2.36. The van der Waals surface area contributed by atoms with Gasteiger partial charge in [-0.3, -0.25) is 9.59 Å². The van der Waals surface area contributed by atoms with Crippen LogP contribution in [-0.2, 0) is 14.3 Å². The largest absolute Gasteiger partial charge is 0.383 e. The van der Waals surface area contributed by atoms with Gasteiger partial charge in [0.2, 0.25) is 11.8 Å². The molecule has 3 N–H and O–H groups in total. The first kappa shape index (κ1) is 13.9. The number of carbonyl (C=O) groups excluding carboxylic acids is 2. The molecule has 1 heterocycles. The summed E-state index contributed by atoms with van der Waals surface area (Å²) in [5.74, 6) is -0.168. The molecule has 6 heteroatoms. The summed E-state index contributed by atoms with van der Waals surface area (Å²) in [5.41, 5.74) is 5.77. The fourth-order valence-corrected chi connectivity index (χ4v) is 1.88. The molecule has 0 spiro atoms. The SMILES string of the molecule is COCC(C)NC(=O)CN1CC(N)CCC1=O. The van der Waals surface area contributed by atoms with Gasteiger partial charge in [0.1, 0.15) is 0 Å². The van der Waals surface area contributed by atoms with Gasteiger partial charge in [-0.2, -0.15) is 0 Å². The van der Waals surface area contributed by atoms with Gasteiger partial charge >= 0.3 is 0 Å². The number of hydrogen-bond acceptors (Lipinski definition) is 4. The highest BCUT2D eigenvalue weighted by molar-refractivity contribution is 5.85. The van der Waals surface area contributed by atoms with E-state index >= 15 is 0 Å². The number of methoxy groups -OCH3 is 1. The van der Waals surface area contributed by atoms with Crippen molar-refractivity contribution in [1.82, 2.24) is 10.2 Å². The fraction of sp³-hybridized carbons (Fsp3) is 0.818. The van der Waals surface area contributed by atoms with E-state index in [0.717, 1.165) is 0 Å². The number of likely N-dealkylation sites (tertiary alicyclic amines) is 1. The third-order valence-electron chi connectivity index (χ3n) is 2.70. The Morgan fingerprint density at radius 3 is 3.06 bits per heavy atom. The Labute approximate surface area is 101 Å². The predicted octanol–water partition coefficient (Wildman–Crippen LogP) is -0.913.